The van der Waals surface area contributed by atoms with Crippen LogP contribution in [0.4, 0.5) is 0 Å². The zero-order valence-corrected chi connectivity index (χ0v) is 17.0. The zero-order valence-electron chi connectivity index (χ0n) is 17.0. The second-order valence-corrected chi connectivity index (χ2v) is 7.30. The van der Waals surface area contributed by atoms with Gasteiger partial charge in [0.2, 0.25) is 5.91 Å². The SMILES string of the molecule is CCCCCCCCCCCCCCCCCC(=O)NCNCC(=O)O. The van der Waals surface area contributed by atoms with Gasteiger partial charge in [0.25, 0.3) is 0 Å². The summed E-state index contributed by atoms with van der Waals surface area (Å²) < 4.78 is 0. The Morgan fingerprint density at radius 1 is 0.692 bits per heavy atom. The summed E-state index contributed by atoms with van der Waals surface area (Å²) >= 11 is 0. The summed E-state index contributed by atoms with van der Waals surface area (Å²) in [4.78, 5) is 21.8. The molecule has 0 heterocycles. The van der Waals surface area contributed by atoms with E-state index in [1.165, 1.54) is 83.5 Å². The Bertz CT molecular complexity index is 335. The first kappa shape index (κ1) is 24.9. The topological polar surface area (TPSA) is 78.4 Å². The summed E-state index contributed by atoms with van der Waals surface area (Å²) in [5.41, 5.74) is 0. The van der Waals surface area contributed by atoms with Crippen molar-refractivity contribution in [2.24, 2.45) is 0 Å². The maximum atomic E-state index is 11.5. The van der Waals surface area contributed by atoms with E-state index in [4.69, 9.17) is 5.11 Å². The van der Waals surface area contributed by atoms with Gasteiger partial charge in [0, 0.05) is 6.42 Å². The molecule has 0 rings (SSSR count). The second kappa shape index (κ2) is 20.2. The van der Waals surface area contributed by atoms with Gasteiger partial charge in [-0.05, 0) is 6.42 Å². The fraction of sp³-hybridized carbons (Fsp3) is 0.905. The van der Waals surface area contributed by atoms with Crippen LogP contribution in [0.1, 0.15) is 110 Å². The maximum absolute atomic E-state index is 11.5. The van der Waals surface area contributed by atoms with Gasteiger partial charge < -0.3 is 10.4 Å². The normalized spacial score (nSPS) is 10.8. The van der Waals surface area contributed by atoms with Gasteiger partial charge in [0.05, 0.1) is 13.2 Å². The first-order valence-electron chi connectivity index (χ1n) is 10.9. The molecule has 1 amide bonds. The van der Waals surface area contributed by atoms with Gasteiger partial charge in [0.1, 0.15) is 0 Å². The van der Waals surface area contributed by atoms with Crippen LogP contribution in [0, 0.1) is 0 Å². The number of rotatable bonds is 20. The number of unbranched alkanes of at least 4 members (excludes halogenated alkanes) is 14. The standard InChI is InChI=1S/C21H42N2O3/c1-2-3-4-5-6-7-8-9-10-11-12-13-14-15-16-17-20(24)23-19-22-18-21(25)26/h22H,2-19H2,1H3,(H,23,24)(H,25,26). The Balaban J connectivity index is 3.12. The van der Waals surface area contributed by atoms with Crippen molar-refractivity contribution in [1.82, 2.24) is 10.6 Å². The molecule has 0 aliphatic rings. The molecule has 0 bridgehead atoms. The lowest BCUT2D eigenvalue weighted by atomic mass is 10.0. The Morgan fingerprint density at radius 3 is 1.54 bits per heavy atom. The van der Waals surface area contributed by atoms with Gasteiger partial charge >= 0.3 is 5.97 Å². The van der Waals surface area contributed by atoms with Crippen LogP contribution in [-0.4, -0.2) is 30.2 Å². The monoisotopic (exact) mass is 370 g/mol. The number of nitrogens with one attached hydrogen (secondary N) is 2. The van der Waals surface area contributed by atoms with Crippen molar-refractivity contribution >= 4 is 11.9 Å². The molecule has 154 valence electrons. The molecule has 0 aromatic carbocycles. The summed E-state index contributed by atoms with van der Waals surface area (Å²) in [6.45, 7) is 2.37. The number of carbonyl (C=O) groups is 2. The number of carbonyl (C=O) groups excluding carboxylic acids is 1. The van der Waals surface area contributed by atoms with E-state index in [1.54, 1.807) is 0 Å². The van der Waals surface area contributed by atoms with Gasteiger partial charge in [-0.3, -0.25) is 14.9 Å². The zero-order chi connectivity index (χ0) is 19.3. The van der Waals surface area contributed by atoms with Crippen molar-refractivity contribution in [3.05, 3.63) is 0 Å². The molecule has 0 unspecified atom stereocenters. The second-order valence-electron chi connectivity index (χ2n) is 7.30. The third kappa shape index (κ3) is 20.9. The highest BCUT2D eigenvalue weighted by Crippen LogP contribution is 2.13. The van der Waals surface area contributed by atoms with E-state index >= 15 is 0 Å². The fourth-order valence-corrected chi connectivity index (χ4v) is 3.08. The minimum atomic E-state index is -0.915. The molecule has 5 nitrogen and oxygen atoms in total. The van der Waals surface area contributed by atoms with Crippen molar-refractivity contribution in [3.63, 3.8) is 0 Å². The average Bonchev–Trinajstić information content (AvgIpc) is 2.62. The molecular formula is C21H42N2O3. The van der Waals surface area contributed by atoms with E-state index < -0.39 is 5.97 Å². The molecule has 5 heteroatoms. The van der Waals surface area contributed by atoms with E-state index in [1.807, 2.05) is 0 Å². The summed E-state index contributed by atoms with van der Waals surface area (Å²) in [7, 11) is 0. The van der Waals surface area contributed by atoms with Crippen molar-refractivity contribution in [3.8, 4) is 0 Å². The Hall–Kier alpha value is -1.10. The minimum absolute atomic E-state index is 0.00224. The number of aliphatic carboxylic acids is 1. The van der Waals surface area contributed by atoms with Crippen molar-refractivity contribution < 1.29 is 14.7 Å². The van der Waals surface area contributed by atoms with E-state index in [0.29, 0.717) is 6.42 Å². The van der Waals surface area contributed by atoms with E-state index in [2.05, 4.69) is 17.6 Å². The average molecular weight is 371 g/mol. The molecule has 0 fully saturated rings. The third-order valence-electron chi connectivity index (χ3n) is 4.69. The molecule has 0 saturated heterocycles. The van der Waals surface area contributed by atoms with Gasteiger partial charge in [-0.15, -0.1) is 0 Å². The molecule has 0 aromatic heterocycles. The lowest BCUT2D eigenvalue weighted by Crippen LogP contribution is -2.36. The lowest BCUT2D eigenvalue weighted by molar-refractivity contribution is -0.136. The van der Waals surface area contributed by atoms with Crippen LogP contribution >= 0.6 is 0 Å². The molecule has 3 N–H and O–H groups in total. The Morgan fingerprint density at radius 2 is 1.12 bits per heavy atom. The van der Waals surface area contributed by atoms with Crippen molar-refractivity contribution in [2.45, 2.75) is 110 Å². The third-order valence-corrected chi connectivity index (χ3v) is 4.69. The van der Waals surface area contributed by atoms with Crippen LogP contribution in [0.2, 0.25) is 0 Å². The summed E-state index contributed by atoms with van der Waals surface area (Å²) in [5, 5.41) is 13.8. The highest BCUT2D eigenvalue weighted by atomic mass is 16.4. The highest BCUT2D eigenvalue weighted by Gasteiger charge is 2.01. The largest absolute Gasteiger partial charge is 0.480 e. The fourth-order valence-electron chi connectivity index (χ4n) is 3.08. The van der Waals surface area contributed by atoms with Crippen LogP contribution in [0.3, 0.4) is 0 Å². The van der Waals surface area contributed by atoms with E-state index in [0.717, 1.165) is 12.8 Å². The number of carboxylic acid groups (broad SMARTS) is 1. The lowest BCUT2D eigenvalue weighted by Gasteiger charge is -2.05. The summed E-state index contributed by atoms with van der Waals surface area (Å²) in [6, 6.07) is 0. The molecule has 0 aliphatic heterocycles. The summed E-state index contributed by atoms with van der Waals surface area (Å²) in [5.74, 6) is -0.917. The first-order valence-corrected chi connectivity index (χ1v) is 10.9. The molecule has 0 atom stereocenters. The summed E-state index contributed by atoms with van der Waals surface area (Å²) in [6.07, 6.45) is 20.3. The molecule has 0 spiro atoms. The van der Waals surface area contributed by atoms with E-state index in [9.17, 15) is 9.59 Å². The van der Waals surface area contributed by atoms with Gasteiger partial charge in [-0.2, -0.15) is 0 Å². The maximum Gasteiger partial charge on any atom is 0.317 e. The van der Waals surface area contributed by atoms with Crippen molar-refractivity contribution in [2.75, 3.05) is 13.2 Å². The van der Waals surface area contributed by atoms with E-state index in [-0.39, 0.29) is 19.1 Å². The molecule has 0 aliphatic carbocycles. The molecule has 0 aromatic rings. The van der Waals surface area contributed by atoms with Crippen LogP contribution in [0.25, 0.3) is 0 Å². The van der Waals surface area contributed by atoms with Crippen LogP contribution in [0.15, 0.2) is 0 Å². The number of hydrogen-bond acceptors (Lipinski definition) is 3. The van der Waals surface area contributed by atoms with Crippen molar-refractivity contribution in [1.29, 1.82) is 0 Å². The number of carboxylic acids is 1. The number of hydrogen-bond donors (Lipinski definition) is 3. The van der Waals surface area contributed by atoms with Gasteiger partial charge in [-0.1, -0.05) is 96.8 Å². The van der Waals surface area contributed by atoms with Crippen LogP contribution in [0.5, 0.6) is 0 Å². The predicted octanol–water partition coefficient (Wildman–Crippen LogP) is 5.00. The van der Waals surface area contributed by atoms with Gasteiger partial charge in [-0.25, -0.2) is 0 Å². The number of amides is 1. The van der Waals surface area contributed by atoms with Gasteiger partial charge in [0.15, 0.2) is 0 Å². The smallest absolute Gasteiger partial charge is 0.317 e. The molecule has 0 radical (unpaired) electrons. The first-order chi connectivity index (χ1) is 12.7. The predicted molar refractivity (Wildman–Crippen MR) is 108 cm³/mol. The quantitative estimate of drug-likeness (QED) is 0.208. The molecular weight excluding hydrogens is 328 g/mol. The Kier molecular flexibility index (Phi) is 19.4. The highest BCUT2D eigenvalue weighted by molar-refractivity contribution is 5.75. The molecule has 0 saturated carbocycles. The minimum Gasteiger partial charge on any atom is -0.480 e. The van der Waals surface area contributed by atoms with Crippen LogP contribution < -0.4 is 10.6 Å². The van der Waals surface area contributed by atoms with Crippen LogP contribution in [-0.2, 0) is 9.59 Å². The molecule has 26 heavy (non-hydrogen) atoms. The Labute approximate surface area is 160 Å².